The summed E-state index contributed by atoms with van der Waals surface area (Å²) in [6.07, 6.45) is -0.394. The van der Waals surface area contributed by atoms with Crippen LogP contribution in [0.3, 0.4) is 0 Å². The van der Waals surface area contributed by atoms with Crippen molar-refractivity contribution >= 4 is 65.8 Å². The van der Waals surface area contributed by atoms with Gasteiger partial charge in [0.05, 0.1) is 27.8 Å². The minimum absolute atomic E-state index is 0.394. The molecular formula is C48H31N4-. The minimum Gasteiger partial charge on any atom is -0.659 e. The van der Waals surface area contributed by atoms with Gasteiger partial charge in [-0.1, -0.05) is 140 Å². The zero-order valence-electron chi connectivity index (χ0n) is 28.2. The Kier molecular flexibility index (Phi) is 6.28. The van der Waals surface area contributed by atoms with Crippen molar-refractivity contribution in [2.45, 2.75) is 6.17 Å². The van der Waals surface area contributed by atoms with Gasteiger partial charge in [0.1, 0.15) is 0 Å². The van der Waals surface area contributed by atoms with E-state index in [0.717, 1.165) is 50.4 Å². The van der Waals surface area contributed by atoms with Crippen molar-refractivity contribution in [3.05, 3.63) is 204 Å². The molecule has 1 aliphatic rings. The first-order chi connectivity index (χ1) is 25.8. The van der Waals surface area contributed by atoms with E-state index in [-0.39, 0.29) is 0 Å². The van der Waals surface area contributed by atoms with Crippen molar-refractivity contribution in [3.8, 4) is 11.4 Å². The van der Waals surface area contributed by atoms with Gasteiger partial charge in [0.25, 0.3) is 0 Å². The lowest BCUT2D eigenvalue weighted by atomic mass is 9.94. The van der Waals surface area contributed by atoms with Crippen molar-refractivity contribution in [1.29, 1.82) is 0 Å². The number of hydrogen-bond donors (Lipinski definition) is 0. The van der Waals surface area contributed by atoms with Crippen molar-refractivity contribution in [2.24, 2.45) is 4.99 Å². The van der Waals surface area contributed by atoms with Crippen molar-refractivity contribution < 1.29 is 0 Å². The van der Waals surface area contributed by atoms with Crippen LogP contribution < -0.4 is 0 Å². The fourth-order valence-corrected chi connectivity index (χ4v) is 8.30. The molecule has 0 radical (unpaired) electrons. The molecule has 0 spiro atoms. The average molecular weight is 664 g/mol. The van der Waals surface area contributed by atoms with Gasteiger partial charge in [-0.3, -0.25) is 4.99 Å². The van der Waals surface area contributed by atoms with Gasteiger partial charge in [0, 0.05) is 44.6 Å². The van der Waals surface area contributed by atoms with E-state index in [2.05, 4.69) is 191 Å². The molecule has 4 nitrogen and oxygen atoms in total. The summed E-state index contributed by atoms with van der Waals surface area (Å²) in [6.45, 7) is 0. The molecule has 1 atom stereocenters. The lowest BCUT2D eigenvalue weighted by Crippen LogP contribution is -2.12. The van der Waals surface area contributed by atoms with Crippen molar-refractivity contribution in [3.63, 3.8) is 0 Å². The van der Waals surface area contributed by atoms with Gasteiger partial charge in [-0.2, -0.15) is 0 Å². The van der Waals surface area contributed by atoms with Crippen LogP contribution in [0.15, 0.2) is 187 Å². The van der Waals surface area contributed by atoms with Gasteiger partial charge in [0.2, 0.25) is 0 Å². The van der Waals surface area contributed by atoms with E-state index in [1.54, 1.807) is 0 Å². The average Bonchev–Trinajstić information content (AvgIpc) is 3.73. The Hall–Kier alpha value is -6.91. The van der Waals surface area contributed by atoms with Crippen LogP contribution in [0.5, 0.6) is 0 Å². The number of hydrogen-bond acceptors (Lipinski definition) is 1. The summed E-state index contributed by atoms with van der Waals surface area (Å²) in [5.41, 5.74) is 12.1. The Morgan fingerprint density at radius 1 is 0.423 bits per heavy atom. The summed E-state index contributed by atoms with van der Waals surface area (Å²) in [5.74, 6) is 0. The van der Waals surface area contributed by atoms with E-state index in [0.29, 0.717) is 0 Å². The van der Waals surface area contributed by atoms with Gasteiger partial charge < -0.3 is 14.5 Å². The number of benzene rings is 8. The third-order valence-electron chi connectivity index (χ3n) is 10.6. The van der Waals surface area contributed by atoms with E-state index in [9.17, 15) is 0 Å². The first-order valence-corrected chi connectivity index (χ1v) is 17.8. The normalized spacial score (nSPS) is 14.2. The number of fused-ring (bicyclic) bond motifs is 9. The van der Waals surface area contributed by atoms with Crippen LogP contribution >= 0.6 is 0 Å². The topological polar surface area (TPSA) is 36.3 Å². The first kappa shape index (κ1) is 28.9. The molecule has 244 valence electrons. The van der Waals surface area contributed by atoms with Crippen molar-refractivity contribution in [2.75, 3.05) is 0 Å². The molecule has 3 heterocycles. The molecule has 0 saturated heterocycles. The minimum atomic E-state index is -0.394. The quantitative estimate of drug-likeness (QED) is 0.180. The van der Waals surface area contributed by atoms with Gasteiger partial charge in [-0.15, -0.1) is 5.69 Å². The second-order valence-electron chi connectivity index (χ2n) is 13.5. The van der Waals surface area contributed by atoms with Crippen LogP contribution in [0.1, 0.15) is 22.9 Å². The van der Waals surface area contributed by atoms with Crippen LogP contribution in [-0.4, -0.2) is 14.8 Å². The SMILES string of the molecule is c1ccc(C2=NC(c3cccc(-n4c5ccccc5c5ccc(-n6c7ccccc7c7ccccc76)cc54)c3)[N-]c3c2ccc2ccccc32)cc1. The molecule has 0 aliphatic carbocycles. The molecule has 4 heteroatoms. The number of rotatable bonds is 4. The molecule has 0 saturated carbocycles. The van der Waals surface area contributed by atoms with Gasteiger partial charge >= 0.3 is 0 Å². The highest BCUT2D eigenvalue weighted by Gasteiger charge is 2.20. The van der Waals surface area contributed by atoms with Gasteiger partial charge in [-0.05, 0) is 64.4 Å². The zero-order valence-corrected chi connectivity index (χ0v) is 28.2. The number of para-hydroxylation sites is 3. The highest BCUT2D eigenvalue weighted by Crippen LogP contribution is 2.46. The van der Waals surface area contributed by atoms with Gasteiger partial charge in [-0.25, -0.2) is 0 Å². The molecule has 8 aromatic carbocycles. The third-order valence-corrected chi connectivity index (χ3v) is 10.6. The molecule has 1 unspecified atom stereocenters. The van der Waals surface area contributed by atoms with Crippen LogP contribution in [0.4, 0.5) is 5.69 Å². The molecular weight excluding hydrogens is 633 g/mol. The Morgan fingerprint density at radius 3 is 1.71 bits per heavy atom. The summed E-state index contributed by atoms with van der Waals surface area (Å²) >= 11 is 0. The molecule has 10 aromatic rings. The highest BCUT2D eigenvalue weighted by atomic mass is 15.1. The summed E-state index contributed by atoms with van der Waals surface area (Å²) in [6, 6.07) is 65.1. The highest BCUT2D eigenvalue weighted by molar-refractivity contribution is 6.21. The van der Waals surface area contributed by atoms with Crippen LogP contribution in [0.25, 0.3) is 71.1 Å². The standard InChI is InChI=1S/C48H31N4/c1-2-14-32(15-3-1)46-41-27-25-31-13-4-5-18-36(31)47(41)50-48(49-46)33-16-12-17-34(29-33)52-44-24-11-8-21-39(44)40-28-26-35(30-45(40)52)51-42-22-9-6-19-37(42)38-20-7-10-23-43(38)51/h1-30,48H/q-1. The maximum absolute atomic E-state index is 5.37. The molecule has 0 N–H and O–H groups in total. The monoisotopic (exact) mass is 663 g/mol. The van der Waals surface area contributed by atoms with Crippen LogP contribution in [0, 0.1) is 0 Å². The molecule has 11 rings (SSSR count). The van der Waals surface area contributed by atoms with E-state index in [4.69, 9.17) is 10.3 Å². The molecule has 0 bridgehead atoms. The van der Waals surface area contributed by atoms with E-state index >= 15 is 0 Å². The Bertz CT molecular complexity index is 3000. The first-order valence-electron chi connectivity index (χ1n) is 17.8. The largest absolute Gasteiger partial charge is 0.659 e. The van der Waals surface area contributed by atoms with Crippen molar-refractivity contribution in [1.82, 2.24) is 9.13 Å². The van der Waals surface area contributed by atoms with Crippen LogP contribution in [-0.2, 0) is 0 Å². The summed E-state index contributed by atoms with van der Waals surface area (Å²) in [7, 11) is 0. The summed E-state index contributed by atoms with van der Waals surface area (Å²) < 4.78 is 4.80. The third kappa shape index (κ3) is 4.31. The second kappa shape index (κ2) is 11.3. The molecule has 2 aromatic heterocycles. The molecule has 52 heavy (non-hydrogen) atoms. The molecule has 0 fully saturated rings. The Morgan fingerprint density at radius 2 is 1.00 bits per heavy atom. The summed E-state index contributed by atoms with van der Waals surface area (Å²) in [4.78, 5) is 5.36. The zero-order chi connectivity index (χ0) is 34.2. The Balaban J connectivity index is 1.11. The Labute approximate surface area is 300 Å². The van der Waals surface area contributed by atoms with Gasteiger partial charge in [0.15, 0.2) is 0 Å². The second-order valence-corrected chi connectivity index (χ2v) is 13.5. The maximum Gasteiger partial charge on any atom is 0.0695 e. The lowest BCUT2D eigenvalue weighted by molar-refractivity contribution is 0.872. The predicted molar refractivity (Wildman–Crippen MR) is 217 cm³/mol. The fourth-order valence-electron chi connectivity index (χ4n) is 8.30. The van der Waals surface area contributed by atoms with E-state index in [1.807, 2.05) is 0 Å². The number of nitrogens with zero attached hydrogens (tertiary/aromatic N) is 4. The number of aromatic nitrogens is 2. The fraction of sp³-hybridized carbons (Fsp3) is 0.0208. The summed E-state index contributed by atoms with van der Waals surface area (Å²) in [5, 5.41) is 12.7. The molecule has 0 amide bonds. The van der Waals surface area contributed by atoms with E-state index in [1.165, 1.54) is 43.5 Å². The number of aliphatic imine (C=N–C) groups is 1. The predicted octanol–water partition coefficient (Wildman–Crippen LogP) is 12.6. The van der Waals surface area contributed by atoms with E-state index < -0.39 is 6.17 Å². The maximum atomic E-state index is 5.37. The smallest absolute Gasteiger partial charge is 0.0695 e. The molecule has 1 aliphatic heterocycles. The lowest BCUT2D eigenvalue weighted by Gasteiger charge is -2.39. The van der Waals surface area contributed by atoms with Crippen LogP contribution in [0.2, 0.25) is 0 Å².